The molecule has 0 saturated heterocycles. The van der Waals surface area contributed by atoms with Crippen molar-refractivity contribution in [3.63, 3.8) is 0 Å². The van der Waals surface area contributed by atoms with E-state index in [1.165, 1.54) is 11.6 Å². The van der Waals surface area contributed by atoms with Gasteiger partial charge in [0.2, 0.25) is 0 Å². The average molecular weight is 242 g/mol. The summed E-state index contributed by atoms with van der Waals surface area (Å²) in [7, 11) is -1.06. The molecule has 0 fully saturated rings. The van der Waals surface area contributed by atoms with Crippen molar-refractivity contribution in [2.75, 3.05) is 6.54 Å². The summed E-state index contributed by atoms with van der Waals surface area (Å²) in [6.45, 7) is 7.84. The van der Waals surface area contributed by atoms with E-state index >= 15 is 0 Å². The van der Waals surface area contributed by atoms with Crippen molar-refractivity contribution in [1.82, 2.24) is 0 Å². The molecule has 0 aliphatic rings. The number of rotatable bonds is 4. The monoisotopic (exact) mass is 241 g/mol. The fourth-order valence-corrected chi connectivity index (χ4v) is 3.92. The van der Waals surface area contributed by atoms with Gasteiger partial charge in [-0.2, -0.15) is 0 Å². The first kappa shape index (κ1) is 12.8. The van der Waals surface area contributed by atoms with Gasteiger partial charge in [-0.05, 0) is 36.2 Å². The van der Waals surface area contributed by atoms with Gasteiger partial charge in [-0.1, -0.05) is 43.4 Å². The van der Waals surface area contributed by atoms with Crippen LogP contribution in [0, 0.1) is 0 Å². The number of nitrogens with two attached hydrogens (primary N) is 1. The molecule has 0 heterocycles. The Hall–Kier alpha value is -0.313. The number of hydrogen-bond acceptors (Lipinski definition) is 1. The Labute approximate surface area is 98.6 Å². The lowest BCUT2D eigenvalue weighted by atomic mass is 10.0. The van der Waals surface area contributed by atoms with Crippen LogP contribution < -0.4 is 5.73 Å². The molecule has 1 atom stereocenters. The molecule has 0 bridgehead atoms. The van der Waals surface area contributed by atoms with Gasteiger partial charge in [-0.3, -0.25) is 0 Å². The van der Waals surface area contributed by atoms with Crippen LogP contribution in [0.2, 0.25) is 30.7 Å². The highest BCUT2D eigenvalue weighted by Crippen LogP contribution is 2.27. The largest absolute Gasteiger partial charge is 0.330 e. The summed E-state index contributed by atoms with van der Waals surface area (Å²) in [6, 6.07) is 9.31. The molecule has 0 radical (unpaired) electrons. The highest BCUT2D eigenvalue weighted by molar-refractivity contribution is 6.76. The zero-order valence-electron chi connectivity index (χ0n) is 9.76. The molecule has 0 aromatic heterocycles. The van der Waals surface area contributed by atoms with Crippen molar-refractivity contribution in [3.05, 3.63) is 34.9 Å². The molecule has 0 aliphatic heterocycles. The number of hydrogen-bond donors (Lipinski definition) is 1. The Morgan fingerprint density at radius 2 is 2.00 bits per heavy atom. The van der Waals surface area contributed by atoms with Crippen molar-refractivity contribution >= 4 is 19.7 Å². The Kier molecular flexibility index (Phi) is 4.38. The summed E-state index contributed by atoms with van der Waals surface area (Å²) >= 11 is 5.99. The predicted molar refractivity (Wildman–Crippen MR) is 71.4 cm³/mol. The minimum atomic E-state index is -1.06. The van der Waals surface area contributed by atoms with Gasteiger partial charge in [0, 0.05) is 13.1 Å². The smallest absolute Gasteiger partial charge is 0.0449 e. The molecule has 1 rings (SSSR count). The van der Waals surface area contributed by atoms with E-state index in [0.717, 1.165) is 5.02 Å². The van der Waals surface area contributed by atoms with E-state index in [9.17, 15) is 0 Å². The molecule has 0 spiro atoms. The fraction of sp³-hybridized carbons (Fsp3) is 0.500. The van der Waals surface area contributed by atoms with Gasteiger partial charge in [0.15, 0.2) is 0 Å². The van der Waals surface area contributed by atoms with E-state index in [-0.39, 0.29) is 0 Å². The third-order valence-corrected chi connectivity index (χ3v) is 4.42. The third kappa shape index (κ3) is 4.37. The van der Waals surface area contributed by atoms with Crippen LogP contribution in [-0.4, -0.2) is 14.6 Å². The highest BCUT2D eigenvalue weighted by Gasteiger charge is 2.20. The minimum Gasteiger partial charge on any atom is -0.330 e. The lowest BCUT2D eigenvalue weighted by Gasteiger charge is -2.23. The van der Waals surface area contributed by atoms with Gasteiger partial charge in [0.25, 0.3) is 0 Å². The van der Waals surface area contributed by atoms with E-state index in [0.29, 0.717) is 12.5 Å². The van der Waals surface area contributed by atoms with Crippen LogP contribution >= 0.6 is 11.6 Å². The molecule has 84 valence electrons. The SMILES string of the molecule is C[Si](C)(C)CC(CN)c1cccc(Cl)c1. The van der Waals surface area contributed by atoms with Crippen LogP contribution in [-0.2, 0) is 0 Å². The Bertz CT molecular complexity index is 320. The van der Waals surface area contributed by atoms with Crippen LogP contribution in [0.25, 0.3) is 0 Å². The van der Waals surface area contributed by atoms with E-state index in [1.807, 2.05) is 18.2 Å². The fourth-order valence-electron chi connectivity index (χ4n) is 1.84. The molecular formula is C12H20ClNSi. The Balaban J connectivity index is 2.83. The summed E-state index contributed by atoms with van der Waals surface area (Å²) in [5.41, 5.74) is 7.13. The second-order valence-corrected chi connectivity index (χ2v) is 11.2. The van der Waals surface area contributed by atoms with Crippen LogP contribution in [0.1, 0.15) is 11.5 Å². The summed E-state index contributed by atoms with van der Waals surface area (Å²) in [6.07, 6.45) is 0. The topological polar surface area (TPSA) is 26.0 Å². The van der Waals surface area contributed by atoms with Crippen molar-refractivity contribution in [2.45, 2.75) is 31.6 Å². The summed E-state index contributed by atoms with van der Waals surface area (Å²) in [4.78, 5) is 0. The first-order chi connectivity index (χ1) is 6.92. The molecule has 1 unspecified atom stereocenters. The van der Waals surface area contributed by atoms with Crippen molar-refractivity contribution in [3.8, 4) is 0 Å². The molecule has 1 aromatic rings. The summed E-state index contributed by atoms with van der Waals surface area (Å²) in [5.74, 6) is 0.468. The zero-order valence-corrected chi connectivity index (χ0v) is 11.5. The van der Waals surface area contributed by atoms with Crippen LogP contribution in [0.3, 0.4) is 0 Å². The number of halogens is 1. The van der Waals surface area contributed by atoms with Gasteiger partial charge < -0.3 is 5.73 Å². The number of benzene rings is 1. The molecule has 15 heavy (non-hydrogen) atoms. The zero-order chi connectivity index (χ0) is 11.5. The maximum absolute atomic E-state index is 5.99. The Morgan fingerprint density at radius 1 is 1.33 bits per heavy atom. The lowest BCUT2D eigenvalue weighted by molar-refractivity contribution is 0.760. The maximum atomic E-state index is 5.99. The molecule has 1 nitrogen and oxygen atoms in total. The van der Waals surface area contributed by atoms with Gasteiger partial charge in [-0.15, -0.1) is 0 Å². The maximum Gasteiger partial charge on any atom is 0.0449 e. The van der Waals surface area contributed by atoms with E-state index in [2.05, 4.69) is 25.7 Å². The molecule has 3 heteroatoms. The van der Waals surface area contributed by atoms with E-state index < -0.39 is 8.07 Å². The Morgan fingerprint density at radius 3 is 2.47 bits per heavy atom. The average Bonchev–Trinajstić information content (AvgIpc) is 2.13. The predicted octanol–water partition coefficient (Wildman–Crippen LogP) is 3.72. The van der Waals surface area contributed by atoms with Crippen LogP contribution in [0.15, 0.2) is 24.3 Å². The quantitative estimate of drug-likeness (QED) is 0.799. The molecule has 1 aromatic carbocycles. The standard InChI is InChI=1S/C12H20ClNSi/c1-15(2,3)9-11(8-14)10-5-4-6-12(13)7-10/h4-7,11H,8-9,14H2,1-3H3. The highest BCUT2D eigenvalue weighted by atomic mass is 35.5. The van der Waals surface area contributed by atoms with Gasteiger partial charge in [0.1, 0.15) is 0 Å². The first-order valence-corrected chi connectivity index (χ1v) is 9.46. The molecule has 0 saturated carbocycles. The minimum absolute atomic E-state index is 0.468. The second kappa shape index (κ2) is 5.15. The van der Waals surface area contributed by atoms with Gasteiger partial charge in [0.05, 0.1) is 0 Å². The third-order valence-electron chi connectivity index (χ3n) is 2.46. The van der Waals surface area contributed by atoms with Crippen LogP contribution in [0.5, 0.6) is 0 Å². The van der Waals surface area contributed by atoms with Gasteiger partial charge >= 0.3 is 0 Å². The van der Waals surface area contributed by atoms with Crippen molar-refractivity contribution < 1.29 is 0 Å². The summed E-state index contributed by atoms with van der Waals surface area (Å²) < 4.78 is 0. The second-order valence-electron chi connectivity index (χ2n) is 5.25. The van der Waals surface area contributed by atoms with Gasteiger partial charge in [-0.25, -0.2) is 0 Å². The molecule has 0 aliphatic carbocycles. The van der Waals surface area contributed by atoms with Crippen molar-refractivity contribution in [1.29, 1.82) is 0 Å². The lowest BCUT2D eigenvalue weighted by Crippen LogP contribution is -2.26. The summed E-state index contributed by atoms with van der Waals surface area (Å²) in [5, 5.41) is 0.807. The molecule has 2 N–H and O–H groups in total. The van der Waals surface area contributed by atoms with Crippen molar-refractivity contribution in [2.24, 2.45) is 5.73 Å². The van der Waals surface area contributed by atoms with E-state index in [4.69, 9.17) is 17.3 Å². The normalized spacial score (nSPS) is 13.9. The molecular weight excluding hydrogens is 222 g/mol. The van der Waals surface area contributed by atoms with Crippen LogP contribution in [0.4, 0.5) is 0 Å². The first-order valence-electron chi connectivity index (χ1n) is 5.38. The van der Waals surface area contributed by atoms with E-state index in [1.54, 1.807) is 0 Å². The molecule has 0 amide bonds.